The Morgan fingerprint density at radius 1 is 1.19 bits per heavy atom. The highest BCUT2D eigenvalue weighted by Crippen LogP contribution is 2.40. The lowest BCUT2D eigenvalue weighted by atomic mass is 9.74. The Bertz CT molecular complexity index is 873. The molecular formula is C21H26N4O2. The van der Waals surface area contributed by atoms with Gasteiger partial charge in [-0.3, -0.25) is 14.5 Å². The maximum absolute atomic E-state index is 12.4. The Kier molecular flexibility index (Phi) is 4.58. The summed E-state index contributed by atoms with van der Waals surface area (Å²) in [4.78, 5) is 26.1. The second-order valence-electron chi connectivity index (χ2n) is 8.32. The number of carbonyl (C=O) groups excluding carboxylic acids is 2. The number of rotatable bonds is 4. The van der Waals surface area contributed by atoms with Crippen LogP contribution in [-0.2, 0) is 11.3 Å². The highest BCUT2D eigenvalue weighted by Gasteiger charge is 2.36. The second kappa shape index (κ2) is 6.91. The first-order valence-corrected chi connectivity index (χ1v) is 9.81. The van der Waals surface area contributed by atoms with E-state index in [1.807, 2.05) is 16.9 Å². The SMILES string of the molecule is CC(C)[C@H]1CC[C@H](C)C[C@H]1n1cc(CN2C(=O)C(=O)c3ccccc32)nn1. The molecule has 6 nitrogen and oxygen atoms in total. The van der Waals surface area contributed by atoms with Crippen LogP contribution in [0.15, 0.2) is 30.5 Å². The minimum absolute atomic E-state index is 0.274. The minimum Gasteiger partial charge on any atom is -0.299 e. The van der Waals surface area contributed by atoms with E-state index < -0.39 is 11.7 Å². The van der Waals surface area contributed by atoms with Crippen molar-refractivity contribution >= 4 is 17.4 Å². The zero-order valence-electron chi connectivity index (χ0n) is 16.1. The number of hydrogen-bond acceptors (Lipinski definition) is 4. The molecule has 142 valence electrons. The Morgan fingerprint density at radius 3 is 2.74 bits per heavy atom. The minimum atomic E-state index is -0.489. The smallest absolute Gasteiger partial charge is 0.299 e. The molecule has 3 atom stereocenters. The van der Waals surface area contributed by atoms with Crippen LogP contribution in [0, 0.1) is 17.8 Å². The van der Waals surface area contributed by atoms with Crippen LogP contribution in [0.3, 0.4) is 0 Å². The van der Waals surface area contributed by atoms with Gasteiger partial charge in [0.15, 0.2) is 0 Å². The first-order valence-electron chi connectivity index (χ1n) is 9.81. The molecule has 1 aliphatic heterocycles. The second-order valence-corrected chi connectivity index (χ2v) is 8.32. The summed E-state index contributed by atoms with van der Waals surface area (Å²) in [5.41, 5.74) is 1.85. The predicted octanol–water partition coefficient (Wildman–Crippen LogP) is 3.64. The van der Waals surface area contributed by atoms with Crippen LogP contribution in [0.1, 0.15) is 62.1 Å². The number of para-hydroxylation sites is 1. The number of Topliss-reactive ketones (excluding diaryl/α,β-unsaturated/α-hetero) is 1. The molecule has 0 unspecified atom stereocenters. The number of fused-ring (bicyclic) bond motifs is 1. The van der Waals surface area contributed by atoms with Crippen LogP contribution in [0.2, 0.25) is 0 Å². The molecule has 1 aliphatic carbocycles. The lowest BCUT2D eigenvalue weighted by Crippen LogP contribution is -2.30. The number of hydrogen-bond donors (Lipinski definition) is 0. The maximum atomic E-state index is 12.4. The van der Waals surface area contributed by atoms with Crippen molar-refractivity contribution in [1.29, 1.82) is 0 Å². The number of aromatic nitrogens is 3. The van der Waals surface area contributed by atoms with E-state index in [1.54, 1.807) is 18.2 Å². The van der Waals surface area contributed by atoms with Gasteiger partial charge in [-0.25, -0.2) is 4.68 Å². The van der Waals surface area contributed by atoms with Gasteiger partial charge in [0.05, 0.1) is 30.0 Å². The number of carbonyl (C=O) groups is 2. The van der Waals surface area contributed by atoms with Crippen LogP contribution in [0.5, 0.6) is 0 Å². The molecule has 0 spiro atoms. The molecule has 6 heteroatoms. The summed E-state index contributed by atoms with van der Waals surface area (Å²) in [5, 5.41) is 8.71. The summed E-state index contributed by atoms with van der Waals surface area (Å²) < 4.78 is 1.99. The maximum Gasteiger partial charge on any atom is 0.299 e. The van der Waals surface area contributed by atoms with Crippen molar-refractivity contribution in [2.24, 2.45) is 17.8 Å². The molecule has 4 rings (SSSR count). The van der Waals surface area contributed by atoms with Crippen molar-refractivity contribution in [1.82, 2.24) is 15.0 Å². The molecule has 0 bridgehead atoms. The van der Waals surface area contributed by atoms with Crippen molar-refractivity contribution < 1.29 is 9.59 Å². The van der Waals surface area contributed by atoms with Gasteiger partial charge in [0, 0.05) is 0 Å². The van der Waals surface area contributed by atoms with Crippen molar-refractivity contribution in [2.75, 3.05) is 4.90 Å². The van der Waals surface area contributed by atoms with E-state index in [-0.39, 0.29) is 6.54 Å². The fourth-order valence-electron chi connectivity index (χ4n) is 4.57. The summed E-state index contributed by atoms with van der Waals surface area (Å²) in [6.45, 7) is 7.12. The molecule has 0 N–H and O–H groups in total. The van der Waals surface area contributed by atoms with Gasteiger partial charge in [-0.05, 0) is 42.7 Å². The molecule has 1 aromatic carbocycles. The molecule has 2 aliphatic rings. The van der Waals surface area contributed by atoms with E-state index >= 15 is 0 Å². The number of benzene rings is 1. The van der Waals surface area contributed by atoms with E-state index in [0.29, 0.717) is 40.7 Å². The van der Waals surface area contributed by atoms with E-state index in [0.717, 1.165) is 6.42 Å². The molecule has 0 saturated heterocycles. The van der Waals surface area contributed by atoms with Gasteiger partial charge in [0.25, 0.3) is 11.7 Å². The molecule has 1 amide bonds. The largest absolute Gasteiger partial charge is 0.299 e. The molecule has 1 fully saturated rings. The summed E-state index contributed by atoms with van der Waals surface area (Å²) in [7, 11) is 0. The Balaban J connectivity index is 1.57. The molecule has 0 radical (unpaired) electrons. The van der Waals surface area contributed by atoms with E-state index in [4.69, 9.17) is 0 Å². The molecule has 1 aromatic heterocycles. The summed E-state index contributed by atoms with van der Waals surface area (Å²) in [5.74, 6) is 0.935. The molecule has 1 saturated carbocycles. The standard InChI is InChI=1S/C21H26N4O2/c1-13(2)16-9-8-14(3)10-19(16)25-12-15(22-23-25)11-24-18-7-5-4-6-17(18)20(26)21(24)27/h4-7,12-14,16,19H,8-11H2,1-3H3/t14-,16+,19+/m0/s1. The van der Waals surface area contributed by atoms with Crippen LogP contribution in [-0.4, -0.2) is 26.7 Å². The van der Waals surface area contributed by atoms with Gasteiger partial charge in [0.1, 0.15) is 5.69 Å². The summed E-state index contributed by atoms with van der Waals surface area (Å²) >= 11 is 0. The van der Waals surface area contributed by atoms with Crippen molar-refractivity contribution in [3.63, 3.8) is 0 Å². The van der Waals surface area contributed by atoms with Gasteiger partial charge < -0.3 is 0 Å². The zero-order valence-corrected chi connectivity index (χ0v) is 16.1. The van der Waals surface area contributed by atoms with Gasteiger partial charge in [0.2, 0.25) is 0 Å². The third-order valence-corrected chi connectivity index (χ3v) is 6.08. The Labute approximate surface area is 159 Å². The average molecular weight is 366 g/mol. The number of anilines is 1. The lowest BCUT2D eigenvalue weighted by Gasteiger charge is -2.37. The van der Waals surface area contributed by atoms with E-state index in [1.165, 1.54) is 17.7 Å². The van der Waals surface area contributed by atoms with Crippen LogP contribution < -0.4 is 4.90 Å². The van der Waals surface area contributed by atoms with Crippen LogP contribution in [0.4, 0.5) is 5.69 Å². The van der Waals surface area contributed by atoms with Crippen LogP contribution in [0.25, 0.3) is 0 Å². The first-order chi connectivity index (χ1) is 13.0. The molecule has 2 aromatic rings. The Morgan fingerprint density at radius 2 is 1.96 bits per heavy atom. The fourth-order valence-corrected chi connectivity index (χ4v) is 4.57. The third-order valence-electron chi connectivity index (χ3n) is 6.08. The number of amides is 1. The quantitative estimate of drug-likeness (QED) is 0.775. The number of nitrogens with zero attached hydrogens (tertiary/aromatic N) is 4. The average Bonchev–Trinajstić information content (AvgIpc) is 3.21. The van der Waals surface area contributed by atoms with Crippen molar-refractivity contribution in [3.8, 4) is 0 Å². The highest BCUT2D eigenvalue weighted by molar-refractivity contribution is 6.52. The first kappa shape index (κ1) is 17.9. The van der Waals surface area contributed by atoms with Gasteiger partial charge in [-0.2, -0.15) is 0 Å². The zero-order chi connectivity index (χ0) is 19.1. The molecule has 27 heavy (non-hydrogen) atoms. The normalized spacial score (nSPS) is 25.3. The molecule has 2 heterocycles. The monoisotopic (exact) mass is 366 g/mol. The van der Waals surface area contributed by atoms with E-state index in [9.17, 15) is 9.59 Å². The summed E-state index contributed by atoms with van der Waals surface area (Å²) in [6.07, 6.45) is 5.54. The van der Waals surface area contributed by atoms with Crippen molar-refractivity contribution in [3.05, 3.63) is 41.7 Å². The van der Waals surface area contributed by atoms with E-state index in [2.05, 4.69) is 31.1 Å². The van der Waals surface area contributed by atoms with Crippen LogP contribution >= 0.6 is 0 Å². The van der Waals surface area contributed by atoms with Gasteiger partial charge in [-0.15, -0.1) is 5.10 Å². The fraction of sp³-hybridized carbons (Fsp3) is 0.524. The topological polar surface area (TPSA) is 68.1 Å². The molecular weight excluding hydrogens is 340 g/mol. The van der Waals surface area contributed by atoms with Crippen molar-refractivity contribution in [2.45, 2.75) is 52.6 Å². The predicted molar refractivity (Wildman–Crippen MR) is 102 cm³/mol. The lowest BCUT2D eigenvalue weighted by molar-refractivity contribution is -0.114. The van der Waals surface area contributed by atoms with Gasteiger partial charge in [-0.1, -0.05) is 44.5 Å². The Hall–Kier alpha value is -2.50. The summed E-state index contributed by atoms with van der Waals surface area (Å²) in [6, 6.07) is 7.47. The third kappa shape index (κ3) is 3.17. The number of ketones is 1. The van der Waals surface area contributed by atoms with Gasteiger partial charge >= 0.3 is 0 Å². The highest BCUT2D eigenvalue weighted by atomic mass is 16.2.